The summed E-state index contributed by atoms with van der Waals surface area (Å²) >= 11 is 3.50. The van der Waals surface area contributed by atoms with Crippen LogP contribution in [0.3, 0.4) is 0 Å². The highest BCUT2D eigenvalue weighted by Crippen LogP contribution is 2.36. The molecule has 0 saturated heterocycles. The molecule has 0 unspecified atom stereocenters. The van der Waals surface area contributed by atoms with Gasteiger partial charge in [0.05, 0.1) is 17.8 Å². The number of halogens is 1. The molecule has 0 aliphatic heterocycles. The minimum Gasteiger partial charge on any atom is -0.493 e. The molecule has 0 spiro atoms. The molecule has 33 heavy (non-hydrogen) atoms. The Kier molecular flexibility index (Phi) is 8.60. The van der Waals surface area contributed by atoms with Crippen molar-refractivity contribution in [3.05, 3.63) is 87.9 Å². The second-order valence-corrected chi connectivity index (χ2v) is 8.05. The summed E-state index contributed by atoms with van der Waals surface area (Å²) in [6.07, 6.45) is 1.12. The van der Waals surface area contributed by atoms with Gasteiger partial charge in [-0.3, -0.25) is 9.59 Å². The van der Waals surface area contributed by atoms with Gasteiger partial charge in [-0.2, -0.15) is 5.10 Å². The van der Waals surface area contributed by atoms with Gasteiger partial charge in [0.15, 0.2) is 11.5 Å². The van der Waals surface area contributed by atoms with E-state index in [0.29, 0.717) is 33.8 Å². The molecule has 0 saturated carbocycles. The fraction of sp³-hybridized carbons (Fsp3) is 0.160. The zero-order valence-corrected chi connectivity index (χ0v) is 19.9. The molecule has 0 atom stereocenters. The molecule has 7 nitrogen and oxygen atoms in total. The normalized spacial score (nSPS) is 10.6. The molecular weight excluding hydrogens is 486 g/mol. The van der Waals surface area contributed by atoms with E-state index < -0.39 is 11.8 Å². The molecular formula is C25H24BrN3O4. The van der Waals surface area contributed by atoms with E-state index in [1.54, 1.807) is 43.5 Å². The molecule has 8 heteroatoms. The summed E-state index contributed by atoms with van der Waals surface area (Å²) in [4.78, 5) is 23.9. The Hall–Kier alpha value is -3.65. The van der Waals surface area contributed by atoms with E-state index in [4.69, 9.17) is 9.47 Å². The van der Waals surface area contributed by atoms with Crippen LogP contribution in [-0.2, 0) is 16.2 Å². The number of nitrogens with zero attached hydrogens (tertiary/aromatic N) is 1. The zero-order chi connectivity index (χ0) is 23.6. The number of anilines is 1. The first-order valence-electron chi connectivity index (χ1n) is 10.2. The number of benzene rings is 3. The van der Waals surface area contributed by atoms with Crippen LogP contribution < -0.4 is 20.2 Å². The Labute approximate surface area is 200 Å². The largest absolute Gasteiger partial charge is 0.493 e. The number of nitrogens with one attached hydrogen (secondary N) is 2. The van der Waals surface area contributed by atoms with Gasteiger partial charge in [0, 0.05) is 5.69 Å². The summed E-state index contributed by atoms with van der Waals surface area (Å²) in [5, 5.41) is 6.58. The molecule has 2 N–H and O–H groups in total. The fourth-order valence-corrected chi connectivity index (χ4v) is 3.46. The summed E-state index contributed by atoms with van der Waals surface area (Å²) in [7, 11) is 1.55. The maximum absolute atomic E-state index is 12.0. The highest BCUT2D eigenvalue weighted by atomic mass is 79.9. The second-order valence-electron chi connectivity index (χ2n) is 7.19. The van der Waals surface area contributed by atoms with Gasteiger partial charge in [-0.25, -0.2) is 5.43 Å². The van der Waals surface area contributed by atoms with Crippen molar-refractivity contribution < 1.29 is 19.1 Å². The third kappa shape index (κ3) is 7.47. The van der Waals surface area contributed by atoms with E-state index in [2.05, 4.69) is 31.8 Å². The minimum atomic E-state index is -0.524. The summed E-state index contributed by atoms with van der Waals surface area (Å²) < 4.78 is 12.1. The number of ether oxygens (including phenoxy) is 2. The Morgan fingerprint density at radius 1 is 1.03 bits per heavy atom. The molecule has 3 aromatic rings. The van der Waals surface area contributed by atoms with Gasteiger partial charge in [0.1, 0.15) is 13.0 Å². The van der Waals surface area contributed by atoms with Crippen molar-refractivity contribution in [2.75, 3.05) is 12.4 Å². The lowest BCUT2D eigenvalue weighted by atomic mass is 10.2. The van der Waals surface area contributed by atoms with Crippen molar-refractivity contribution in [2.45, 2.75) is 20.0 Å². The SMILES string of the molecule is COc1cc(C=NNC(=O)CC(=O)Nc2ccccc2)cc(Br)c1OCc1ccc(C)cc1. The molecule has 0 fully saturated rings. The van der Waals surface area contributed by atoms with Crippen molar-refractivity contribution in [2.24, 2.45) is 5.10 Å². The second kappa shape index (κ2) is 11.8. The Bertz CT molecular complexity index is 1130. The van der Waals surface area contributed by atoms with Crippen LogP contribution in [-0.4, -0.2) is 25.1 Å². The summed E-state index contributed by atoms with van der Waals surface area (Å²) in [6.45, 7) is 2.43. The van der Waals surface area contributed by atoms with E-state index in [-0.39, 0.29) is 6.42 Å². The molecule has 0 aliphatic carbocycles. The van der Waals surface area contributed by atoms with E-state index >= 15 is 0 Å². The number of para-hydroxylation sites is 1. The third-order valence-electron chi connectivity index (χ3n) is 4.54. The summed E-state index contributed by atoms with van der Waals surface area (Å²) in [5.41, 5.74) is 5.88. The van der Waals surface area contributed by atoms with Crippen LogP contribution >= 0.6 is 15.9 Å². The lowest BCUT2D eigenvalue weighted by Crippen LogP contribution is -2.24. The fourth-order valence-electron chi connectivity index (χ4n) is 2.89. The first-order chi connectivity index (χ1) is 15.9. The molecule has 2 amide bonds. The third-order valence-corrected chi connectivity index (χ3v) is 5.13. The maximum Gasteiger partial charge on any atom is 0.249 e. The Balaban J connectivity index is 1.56. The number of carbonyl (C=O) groups is 2. The predicted octanol–water partition coefficient (Wildman–Crippen LogP) is 4.82. The summed E-state index contributed by atoms with van der Waals surface area (Å²) in [6, 6.07) is 20.6. The van der Waals surface area contributed by atoms with Gasteiger partial charge < -0.3 is 14.8 Å². The monoisotopic (exact) mass is 509 g/mol. The number of amides is 2. The first-order valence-corrected chi connectivity index (χ1v) is 11.0. The average molecular weight is 510 g/mol. The van der Waals surface area contributed by atoms with E-state index in [1.165, 1.54) is 11.8 Å². The molecule has 0 heterocycles. The van der Waals surface area contributed by atoms with Gasteiger partial charge in [-0.15, -0.1) is 0 Å². The van der Waals surface area contributed by atoms with Crippen molar-refractivity contribution in [3.8, 4) is 11.5 Å². The molecule has 170 valence electrons. The van der Waals surface area contributed by atoms with Crippen LogP contribution in [0.1, 0.15) is 23.1 Å². The van der Waals surface area contributed by atoms with E-state index in [0.717, 1.165) is 5.56 Å². The Morgan fingerprint density at radius 3 is 2.45 bits per heavy atom. The molecule has 3 rings (SSSR count). The van der Waals surface area contributed by atoms with E-state index in [9.17, 15) is 9.59 Å². The topological polar surface area (TPSA) is 89.0 Å². The molecule has 0 aliphatic rings. The highest BCUT2D eigenvalue weighted by molar-refractivity contribution is 9.10. The standard InChI is InChI=1S/C25H24BrN3O4/c1-17-8-10-18(11-9-17)16-33-25-21(26)12-19(13-22(25)32-2)15-27-29-24(31)14-23(30)28-20-6-4-3-5-7-20/h3-13,15H,14,16H2,1-2H3,(H,28,30)(H,29,31). The quantitative estimate of drug-likeness (QED) is 0.245. The number of carbonyl (C=O) groups excluding carboxylic acids is 2. The van der Waals surface area contributed by atoms with Crippen LogP contribution in [0, 0.1) is 6.92 Å². The van der Waals surface area contributed by atoms with Crippen LogP contribution in [0.2, 0.25) is 0 Å². The molecule has 0 radical (unpaired) electrons. The number of hydrazone groups is 1. The number of methoxy groups -OCH3 is 1. The minimum absolute atomic E-state index is 0.342. The van der Waals surface area contributed by atoms with Crippen molar-refractivity contribution in [3.63, 3.8) is 0 Å². The predicted molar refractivity (Wildman–Crippen MR) is 132 cm³/mol. The lowest BCUT2D eigenvalue weighted by Gasteiger charge is -2.13. The number of hydrogen-bond acceptors (Lipinski definition) is 5. The van der Waals surface area contributed by atoms with Gasteiger partial charge in [-0.05, 0) is 58.2 Å². The zero-order valence-electron chi connectivity index (χ0n) is 18.3. The van der Waals surface area contributed by atoms with Crippen molar-refractivity contribution >= 4 is 39.6 Å². The number of rotatable bonds is 9. The van der Waals surface area contributed by atoms with Gasteiger partial charge in [-0.1, -0.05) is 48.0 Å². The van der Waals surface area contributed by atoms with E-state index in [1.807, 2.05) is 37.3 Å². The summed E-state index contributed by atoms with van der Waals surface area (Å²) in [5.74, 6) is 0.139. The first kappa shape index (κ1) is 24.0. The maximum atomic E-state index is 12.0. The van der Waals surface area contributed by atoms with Gasteiger partial charge >= 0.3 is 0 Å². The van der Waals surface area contributed by atoms with Crippen molar-refractivity contribution in [1.29, 1.82) is 0 Å². The molecule has 0 aromatic heterocycles. The Morgan fingerprint density at radius 2 is 1.76 bits per heavy atom. The lowest BCUT2D eigenvalue weighted by molar-refractivity contribution is -0.126. The van der Waals surface area contributed by atoms with Crippen LogP contribution in [0.25, 0.3) is 0 Å². The number of aryl methyl sites for hydroxylation is 1. The van der Waals surface area contributed by atoms with Gasteiger partial charge in [0.2, 0.25) is 11.8 Å². The smallest absolute Gasteiger partial charge is 0.249 e. The van der Waals surface area contributed by atoms with Crippen molar-refractivity contribution in [1.82, 2.24) is 5.43 Å². The average Bonchev–Trinajstić information content (AvgIpc) is 2.79. The molecule has 3 aromatic carbocycles. The highest BCUT2D eigenvalue weighted by Gasteiger charge is 2.12. The van der Waals surface area contributed by atoms with Gasteiger partial charge in [0.25, 0.3) is 0 Å². The van der Waals surface area contributed by atoms with Crippen LogP contribution in [0.15, 0.2) is 76.3 Å². The van der Waals surface area contributed by atoms with Crippen LogP contribution in [0.5, 0.6) is 11.5 Å². The number of hydrogen-bond donors (Lipinski definition) is 2. The molecule has 0 bridgehead atoms. The van der Waals surface area contributed by atoms with Crippen LogP contribution in [0.4, 0.5) is 5.69 Å².